The predicted molar refractivity (Wildman–Crippen MR) is 67.0 cm³/mol. The highest BCUT2D eigenvalue weighted by molar-refractivity contribution is 7.90. The second-order valence-electron chi connectivity index (χ2n) is 4.65. The number of nitrogens with zero attached hydrogens (tertiary/aromatic N) is 3. The number of hydrogen-bond acceptors (Lipinski definition) is 7. The minimum absolute atomic E-state index is 0.0234. The molecule has 0 spiro atoms. The Kier molecular flexibility index (Phi) is 3.86. The van der Waals surface area contributed by atoms with Crippen molar-refractivity contribution in [2.24, 2.45) is 5.73 Å². The largest absolute Gasteiger partial charge is 0.338 e. The van der Waals surface area contributed by atoms with Crippen LogP contribution in [0.25, 0.3) is 0 Å². The standard InChI is InChI=1S/C10H18N4O3S/c1-18(15,16)7-4-8(11)9-12-10(13-17-9)14-5-2-3-6-14/h8H,2-7,11H2,1H3. The highest BCUT2D eigenvalue weighted by atomic mass is 32.2. The molecule has 0 amide bonds. The van der Waals surface area contributed by atoms with Gasteiger partial charge in [0.15, 0.2) is 0 Å². The molecule has 1 unspecified atom stereocenters. The maximum Gasteiger partial charge on any atom is 0.266 e. The molecule has 18 heavy (non-hydrogen) atoms. The molecule has 1 atom stereocenters. The van der Waals surface area contributed by atoms with Crippen LogP contribution in [0, 0.1) is 0 Å². The molecule has 1 aromatic heterocycles. The first-order valence-corrected chi connectivity index (χ1v) is 8.03. The van der Waals surface area contributed by atoms with Crippen molar-refractivity contribution >= 4 is 15.8 Å². The van der Waals surface area contributed by atoms with E-state index in [0.29, 0.717) is 18.3 Å². The van der Waals surface area contributed by atoms with Crippen LogP contribution in [0.15, 0.2) is 4.52 Å². The number of aromatic nitrogens is 2. The Balaban J connectivity index is 1.96. The highest BCUT2D eigenvalue weighted by Gasteiger charge is 2.21. The summed E-state index contributed by atoms with van der Waals surface area (Å²) in [5, 5.41) is 3.87. The Bertz CT molecular complexity index is 493. The fourth-order valence-corrected chi connectivity index (χ4v) is 2.57. The SMILES string of the molecule is CS(=O)(=O)CCC(N)c1nc(N2CCCC2)no1. The van der Waals surface area contributed by atoms with E-state index in [2.05, 4.69) is 10.1 Å². The van der Waals surface area contributed by atoms with Gasteiger partial charge in [-0.15, -0.1) is 0 Å². The maximum atomic E-state index is 11.1. The molecule has 2 heterocycles. The second kappa shape index (κ2) is 5.23. The summed E-state index contributed by atoms with van der Waals surface area (Å²) in [6.07, 6.45) is 3.73. The molecule has 0 saturated carbocycles. The monoisotopic (exact) mass is 274 g/mol. The van der Waals surface area contributed by atoms with Gasteiger partial charge in [-0.2, -0.15) is 4.98 Å². The predicted octanol–water partition coefficient (Wildman–Crippen LogP) is 0.104. The molecule has 2 rings (SSSR count). The van der Waals surface area contributed by atoms with Gasteiger partial charge in [-0.05, 0) is 24.4 Å². The molecule has 0 aromatic carbocycles. The van der Waals surface area contributed by atoms with Crippen LogP contribution in [-0.4, -0.2) is 43.7 Å². The van der Waals surface area contributed by atoms with E-state index in [-0.39, 0.29) is 5.75 Å². The van der Waals surface area contributed by atoms with Crippen molar-refractivity contribution in [3.8, 4) is 0 Å². The van der Waals surface area contributed by atoms with Crippen molar-refractivity contribution in [2.45, 2.75) is 25.3 Å². The lowest BCUT2D eigenvalue weighted by molar-refractivity contribution is 0.351. The van der Waals surface area contributed by atoms with Gasteiger partial charge in [0.25, 0.3) is 5.95 Å². The van der Waals surface area contributed by atoms with Crippen LogP contribution < -0.4 is 10.6 Å². The number of nitrogens with two attached hydrogens (primary N) is 1. The van der Waals surface area contributed by atoms with E-state index >= 15 is 0 Å². The maximum absolute atomic E-state index is 11.1. The first-order chi connectivity index (χ1) is 8.46. The number of sulfone groups is 1. The van der Waals surface area contributed by atoms with E-state index in [4.69, 9.17) is 10.3 Å². The van der Waals surface area contributed by atoms with Crippen molar-refractivity contribution < 1.29 is 12.9 Å². The van der Waals surface area contributed by atoms with Gasteiger partial charge in [0, 0.05) is 19.3 Å². The van der Waals surface area contributed by atoms with Gasteiger partial charge in [-0.25, -0.2) is 8.42 Å². The van der Waals surface area contributed by atoms with Crippen molar-refractivity contribution in [1.29, 1.82) is 0 Å². The molecule has 0 bridgehead atoms. The first kappa shape index (κ1) is 13.3. The molecule has 1 aliphatic heterocycles. The summed E-state index contributed by atoms with van der Waals surface area (Å²) in [7, 11) is -3.02. The Morgan fingerprint density at radius 2 is 2.11 bits per heavy atom. The quantitative estimate of drug-likeness (QED) is 0.812. The van der Waals surface area contributed by atoms with Crippen molar-refractivity contribution in [3.05, 3.63) is 5.89 Å². The lowest BCUT2D eigenvalue weighted by atomic mass is 10.2. The zero-order valence-electron chi connectivity index (χ0n) is 10.4. The van der Waals surface area contributed by atoms with Crippen LogP contribution >= 0.6 is 0 Å². The van der Waals surface area contributed by atoms with E-state index < -0.39 is 15.9 Å². The van der Waals surface area contributed by atoms with E-state index in [1.807, 2.05) is 4.90 Å². The summed E-state index contributed by atoms with van der Waals surface area (Å²) in [6.45, 7) is 1.86. The summed E-state index contributed by atoms with van der Waals surface area (Å²) in [6, 6.07) is -0.524. The van der Waals surface area contributed by atoms with Gasteiger partial charge in [0.05, 0.1) is 11.8 Å². The van der Waals surface area contributed by atoms with Crippen LogP contribution in [0.3, 0.4) is 0 Å². The van der Waals surface area contributed by atoms with E-state index in [9.17, 15) is 8.42 Å². The third-order valence-electron chi connectivity index (χ3n) is 2.94. The Hall–Kier alpha value is -1.15. The van der Waals surface area contributed by atoms with Gasteiger partial charge in [-0.3, -0.25) is 0 Å². The summed E-state index contributed by atoms with van der Waals surface area (Å²) in [5.41, 5.74) is 5.83. The molecular weight excluding hydrogens is 256 g/mol. The molecule has 8 heteroatoms. The third-order valence-corrected chi connectivity index (χ3v) is 3.91. The lowest BCUT2D eigenvalue weighted by Gasteiger charge is -2.10. The summed E-state index contributed by atoms with van der Waals surface area (Å²) in [5.74, 6) is 0.883. The fourth-order valence-electron chi connectivity index (χ4n) is 1.89. The number of anilines is 1. The molecule has 102 valence electrons. The smallest absolute Gasteiger partial charge is 0.266 e. The summed E-state index contributed by atoms with van der Waals surface area (Å²) < 4.78 is 27.2. The molecule has 2 N–H and O–H groups in total. The van der Waals surface area contributed by atoms with Crippen molar-refractivity contribution in [2.75, 3.05) is 30.0 Å². The lowest BCUT2D eigenvalue weighted by Crippen LogP contribution is -2.19. The van der Waals surface area contributed by atoms with Gasteiger partial charge >= 0.3 is 0 Å². The van der Waals surface area contributed by atoms with E-state index in [0.717, 1.165) is 25.9 Å². The third kappa shape index (κ3) is 3.42. The van der Waals surface area contributed by atoms with Crippen molar-refractivity contribution in [3.63, 3.8) is 0 Å². The second-order valence-corrected chi connectivity index (χ2v) is 6.91. The first-order valence-electron chi connectivity index (χ1n) is 5.97. The number of rotatable bonds is 5. The highest BCUT2D eigenvalue weighted by Crippen LogP contribution is 2.19. The van der Waals surface area contributed by atoms with Crippen LogP contribution in [0.4, 0.5) is 5.95 Å². The molecule has 1 saturated heterocycles. The zero-order chi connectivity index (χ0) is 13.2. The molecule has 1 aliphatic rings. The van der Waals surface area contributed by atoms with Crippen molar-refractivity contribution in [1.82, 2.24) is 10.1 Å². The molecule has 0 radical (unpaired) electrons. The summed E-state index contributed by atoms with van der Waals surface area (Å²) in [4.78, 5) is 6.26. The minimum Gasteiger partial charge on any atom is -0.338 e. The minimum atomic E-state index is -3.02. The van der Waals surface area contributed by atoms with Crippen LogP contribution in [0.1, 0.15) is 31.2 Å². The number of hydrogen-bond donors (Lipinski definition) is 1. The Morgan fingerprint density at radius 1 is 1.44 bits per heavy atom. The molecule has 7 nitrogen and oxygen atoms in total. The Morgan fingerprint density at radius 3 is 2.72 bits per heavy atom. The van der Waals surface area contributed by atoms with E-state index in [1.165, 1.54) is 6.26 Å². The Labute approximate surface area is 106 Å². The van der Waals surface area contributed by atoms with Crippen LogP contribution in [0.5, 0.6) is 0 Å². The summed E-state index contributed by atoms with van der Waals surface area (Å²) >= 11 is 0. The molecular formula is C10H18N4O3S. The fraction of sp³-hybridized carbons (Fsp3) is 0.800. The van der Waals surface area contributed by atoms with Gasteiger partial charge < -0.3 is 15.2 Å². The average molecular weight is 274 g/mol. The molecule has 1 fully saturated rings. The average Bonchev–Trinajstić information content (AvgIpc) is 2.94. The normalized spacial score (nSPS) is 18.2. The van der Waals surface area contributed by atoms with Gasteiger partial charge in [0.1, 0.15) is 9.84 Å². The molecule has 1 aromatic rings. The van der Waals surface area contributed by atoms with Gasteiger partial charge in [0.2, 0.25) is 5.89 Å². The van der Waals surface area contributed by atoms with Crippen LogP contribution in [-0.2, 0) is 9.84 Å². The topological polar surface area (TPSA) is 102 Å². The molecule has 0 aliphatic carbocycles. The zero-order valence-corrected chi connectivity index (χ0v) is 11.2. The van der Waals surface area contributed by atoms with Crippen LogP contribution in [0.2, 0.25) is 0 Å². The van der Waals surface area contributed by atoms with E-state index in [1.54, 1.807) is 0 Å². The van der Waals surface area contributed by atoms with Gasteiger partial charge in [-0.1, -0.05) is 0 Å².